The van der Waals surface area contributed by atoms with Gasteiger partial charge in [-0.15, -0.1) is 0 Å². The lowest BCUT2D eigenvalue weighted by molar-refractivity contribution is 0.563. The van der Waals surface area contributed by atoms with Gasteiger partial charge in [-0.05, 0) is 12.1 Å². The first kappa shape index (κ1) is 8.85. The standard InChI is InChI=1S/C7H2Cl3O/c8-5-1-4(3-11)7(10)6(9)2-5/h1-2H. The smallest absolute Gasteiger partial charge is 0.235 e. The Hall–Kier alpha value is -0.240. The molecule has 0 saturated carbocycles. The second-order valence-electron chi connectivity index (χ2n) is 1.85. The van der Waals surface area contributed by atoms with E-state index in [1.807, 2.05) is 0 Å². The molecule has 1 rings (SSSR count). The third-order valence-corrected chi connectivity index (χ3v) is 2.12. The summed E-state index contributed by atoms with van der Waals surface area (Å²) in [5.74, 6) is 0. The van der Waals surface area contributed by atoms with Crippen LogP contribution in [-0.4, -0.2) is 6.29 Å². The molecule has 0 heterocycles. The van der Waals surface area contributed by atoms with Crippen LogP contribution in [0.2, 0.25) is 15.1 Å². The number of carbonyl (C=O) groups excluding carboxylic acids is 1. The largest absolute Gasteiger partial charge is 0.285 e. The number of rotatable bonds is 1. The summed E-state index contributed by atoms with van der Waals surface area (Å²) in [5.41, 5.74) is 0.184. The Morgan fingerprint density at radius 1 is 1.18 bits per heavy atom. The highest BCUT2D eigenvalue weighted by atomic mass is 35.5. The second kappa shape index (κ2) is 3.44. The Kier molecular flexibility index (Phi) is 2.77. The predicted octanol–water partition coefficient (Wildman–Crippen LogP) is 3.10. The average molecular weight is 208 g/mol. The van der Waals surface area contributed by atoms with Crippen molar-refractivity contribution in [3.63, 3.8) is 0 Å². The quantitative estimate of drug-likeness (QED) is 0.648. The van der Waals surface area contributed by atoms with E-state index in [1.165, 1.54) is 12.1 Å². The highest BCUT2D eigenvalue weighted by Crippen LogP contribution is 2.28. The zero-order valence-electron chi connectivity index (χ0n) is 5.20. The molecule has 1 nitrogen and oxygen atoms in total. The first-order valence-corrected chi connectivity index (χ1v) is 3.81. The van der Waals surface area contributed by atoms with Crippen molar-refractivity contribution in [1.82, 2.24) is 0 Å². The lowest BCUT2D eigenvalue weighted by Crippen LogP contribution is -1.82. The van der Waals surface area contributed by atoms with Crippen LogP contribution in [0.5, 0.6) is 0 Å². The van der Waals surface area contributed by atoms with Gasteiger partial charge in [0.1, 0.15) is 0 Å². The van der Waals surface area contributed by atoms with E-state index < -0.39 is 0 Å². The number of benzene rings is 1. The van der Waals surface area contributed by atoms with Crippen LogP contribution in [0, 0.1) is 0 Å². The van der Waals surface area contributed by atoms with Gasteiger partial charge in [0.2, 0.25) is 6.29 Å². The van der Waals surface area contributed by atoms with Crippen molar-refractivity contribution in [2.75, 3.05) is 0 Å². The van der Waals surface area contributed by atoms with Crippen LogP contribution in [0.1, 0.15) is 5.56 Å². The molecule has 1 aromatic carbocycles. The van der Waals surface area contributed by atoms with Crippen molar-refractivity contribution in [3.8, 4) is 0 Å². The zero-order chi connectivity index (χ0) is 8.43. The fraction of sp³-hybridized carbons (Fsp3) is 0. The summed E-state index contributed by atoms with van der Waals surface area (Å²) < 4.78 is 0. The molecular formula is C7H2Cl3O. The Morgan fingerprint density at radius 3 is 2.36 bits per heavy atom. The first-order valence-electron chi connectivity index (χ1n) is 2.68. The molecule has 1 radical (unpaired) electrons. The topological polar surface area (TPSA) is 17.1 Å². The third kappa shape index (κ3) is 1.86. The van der Waals surface area contributed by atoms with Gasteiger partial charge in [0.05, 0.1) is 10.0 Å². The van der Waals surface area contributed by atoms with Gasteiger partial charge in [-0.2, -0.15) is 0 Å². The minimum atomic E-state index is 0.184. The maximum Gasteiger partial charge on any atom is 0.235 e. The lowest BCUT2D eigenvalue weighted by atomic mass is 10.2. The van der Waals surface area contributed by atoms with Gasteiger partial charge in [-0.1, -0.05) is 34.8 Å². The van der Waals surface area contributed by atoms with Crippen molar-refractivity contribution in [2.24, 2.45) is 0 Å². The van der Waals surface area contributed by atoms with Crippen molar-refractivity contribution in [1.29, 1.82) is 0 Å². The molecule has 0 aliphatic rings. The molecule has 0 aromatic heterocycles. The number of hydrogen-bond donors (Lipinski definition) is 0. The van der Waals surface area contributed by atoms with E-state index in [-0.39, 0.29) is 15.6 Å². The third-order valence-electron chi connectivity index (χ3n) is 1.10. The summed E-state index contributed by atoms with van der Waals surface area (Å²) in [5, 5.41) is 0.821. The van der Waals surface area contributed by atoms with E-state index in [0.29, 0.717) is 5.02 Å². The van der Waals surface area contributed by atoms with Crippen LogP contribution in [0.4, 0.5) is 0 Å². The van der Waals surface area contributed by atoms with Gasteiger partial charge in [-0.3, -0.25) is 4.79 Å². The first-order chi connectivity index (χ1) is 5.15. The molecule has 4 heteroatoms. The minimum Gasteiger partial charge on any atom is -0.285 e. The van der Waals surface area contributed by atoms with Crippen LogP contribution in [-0.2, 0) is 4.79 Å². The Morgan fingerprint density at radius 2 is 1.82 bits per heavy atom. The van der Waals surface area contributed by atoms with E-state index in [1.54, 1.807) is 6.29 Å². The molecule has 0 N–H and O–H groups in total. The maximum atomic E-state index is 10.2. The summed E-state index contributed by atoms with van der Waals surface area (Å²) in [4.78, 5) is 10.2. The van der Waals surface area contributed by atoms with E-state index in [0.717, 1.165) is 0 Å². The van der Waals surface area contributed by atoms with Crippen molar-refractivity contribution < 1.29 is 4.79 Å². The van der Waals surface area contributed by atoms with Crippen LogP contribution in [0.15, 0.2) is 12.1 Å². The van der Waals surface area contributed by atoms with Gasteiger partial charge in [0, 0.05) is 10.6 Å². The molecular weight excluding hydrogens is 206 g/mol. The zero-order valence-corrected chi connectivity index (χ0v) is 7.46. The van der Waals surface area contributed by atoms with Crippen LogP contribution >= 0.6 is 34.8 Å². The molecule has 0 bridgehead atoms. The summed E-state index contributed by atoms with van der Waals surface area (Å²) in [6.07, 6.45) is 1.63. The number of hydrogen-bond acceptors (Lipinski definition) is 1. The van der Waals surface area contributed by atoms with E-state index in [2.05, 4.69) is 0 Å². The van der Waals surface area contributed by atoms with Crippen LogP contribution in [0.25, 0.3) is 0 Å². The second-order valence-corrected chi connectivity index (χ2v) is 3.07. The summed E-state index contributed by atoms with van der Waals surface area (Å²) in [6, 6.07) is 2.87. The van der Waals surface area contributed by atoms with Crippen LogP contribution in [0.3, 0.4) is 0 Å². The van der Waals surface area contributed by atoms with Gasteiger partial charge >= 0.3 is 0 Å². The molecule has 0 unspecified atom stereocenters. The van der Waals surface area contributed by atoms with Gasteiger partial charge in [-0.25, -0.2) is 0 Å². The molecule has 0 fully saturated rings. The Bertz CT molecular complexity index is 296. The monoisotopic (exact) mass is 207 g/mol. The van der Waals surface area contributed by atoms with Crippen molar-refractivity contribution >= 4 is 41.1 Å². The molecule has 0 aliphatic carbocycles. The summed E-state index contributed by atoms with van der Waals surface area (Å²) in [7, 11) is 0. The summed E-state index contributed by atoms with van der Waals surface area (Å²) in [6.45, 7) is 0. The normalized spacial score (nSPS) is 9.73. The van der Waals surface area contributed by atoms with E-state index >= 15 is 0 Å². The SMILES string of the molecule is O=[C]c1cc(Cl)cc(Cl)c1Cl. The Balaban J connectivity index is 3.35. The minimum absolute atomic E-state index is 0.184. The maximum absolute atomic E-state index is 10.2. The van der Waals surface area contributed by atoms with Crippen molar-refractivity contribution in [2.45, 2.75) is 0 Å². The average Bonchev–Trinajstić information content (AvgIpc) is 1.96. The molecule has 57 valence electrons. The van der Waals surface area contributed by atoms with E-state index in [4.69, 9.17) is 34.8 Å². The van der Waals surface area contributed by atoms with Gasteiger partial charge in [0.15, 0.2) is 0 Å². The highest BCUT2D eigenvalue weighted by molar-refractivity contribution is 6.44. The molecule has 11 heavy (non-hydrogen) atoms. The fourth-order valence-electron chi connectivity index (χ4n) is 0.630. The van der Waals surface area contributed by atoms with Crippen molar-refractivity contribution in [3.05, 3.63) is 32.8 Å². The number of halogens is 3. The van der Waals surface area contributed by atoms with E-state index in [9.17, 15) is 4.79 Å². The lowest BCUT2D eigenvalue weighted by Gasteiger charge is -1.98. The molecule has 0 amide bonds. The highest BCUT2D eigenvalue weighted by Gasteiger charge is 2.05. The van der Waals surface area contributed by atoms with Crippen LogP contribution < -0.4 is 0 Å². The van der Waals surface area contributed by atoms with Gasteiger partial charge in [0.25, 0.3) is 0 Å². The molecule has 0 atom stereocenters. The fourth-order valence-corrected chi connectivity index (χ4v) is 1.27. The predicted molar refractivity (Wildman–Crippen MR) is 46.3 cm³/mol. The Labute approximate surface area is 78.9 Å². The summed E-state index contributed by atoms with van der Waals surface area (Å²) >= 11 is 16.8. The molecule has 0 saturated heterocycles. The molecule has 0 spiro atoms. The molecule has 1 aromatic rings. The van der Waals surface area contributed by atoms with Gasteiger partial charge < -0.3 is 0 Å². The molecule has 0 aliphatic heterocycles.